The van der Waals surface area contributed by atoms with Gasteiger partial charge in [-0.05, 0) is 50.8 Å². The third-order valence-corrected chi connectivity index (χ3v) is 3.33. The molecule has 5 nitrogen and oxygen atoms in total. The van der Waals surface area contributed by atoms with Crippen molar-refractivity contribution in [2.24, 2.45) is 5.92 Å². The molecular formula is C17H29N3O2. The number of alkyl carbamates (subject to hydrolysis) is 1. The maximum absolute atomic E-state index is 11.9. The number of pyridine rings is 1. The van der Waals surface area contributed by atoms with Crippen LogP contribution in [0.25, 0.3) is 0 Å². The molecule has 124 valence electrons. The monoisotopic (exact) mass is 307 g/mol. The average molecular weight is 307 g/mol. The van der Waals surface area contributed by atoms with Gasteiger partial charge in [-0.3, -0.25) is 4.98 Å². The van der Waals surface area contributed by atoms with Crippen LogP contribution in [0.3, 0.4) is 0 Å². The summed E-state index contributed by atoms with van der Waals surface area (Å²) in [4.78, 5) is 16.0. The van der Waals surface area contributed by atoms with Crippen molar-refractivity contribution in [3.05, 3.63) is 29.6 Å². The van der Waals surface area contributed by atoms with E-state index < -0.39 is 5.60 Å². The molecular weight excluding hydrogens is 278 g/mol. The van der Waals surface area contributed by atoms with Gasteiger partial charge >= 0.3 is 6.09 Å². The van der Waals surface area contributed by atoms with E-state index in [1.807, 2.05) is 33.0 Å². The molecule has 0 aliphatic carbocycles. The fraction of sp³-hybridized carbons (Fsp3) is 0.647. The third kappa shape index (κ3) is 6.89. The van der Waals surface area contributed by atoms with Gasteiger partial charge < -0.3 is 15.4 Å². The summed E-state index contributed by atoms with van der Waals surface area (Å²) in [6.45, 7) is 13.2. The lowest BCUT2D eigenvalue weighted by Gasteiger charge is -2.26. The van der Waals surface area contributed by atoms with Crippen molar-refractivity contribution < 1.29 is 9.53 Å². The quantitative estimate of drug-likeness (QED) is 0.848. The zero-order valence-electron chi connectivity index (χ0n) is 14.6. The molecule has 0 bridgehead atoms. The van der Waals surface area contributed by atoms with Gasteiger partial charge in [0.1, 0.15) is 5.60 Å². The number of nitrogens with one attached hydrogen (secondary N) is 2. The van der Waals surface area contributed by atoms with Crippen LogP contribution < -0.4 is 10.6 Å². The predicted octanol–water partition coefficient (Wildman–Crippen LogP) is 3.03. The Bertz CT molecular complexity index is 481. The second-order valence-electron chi connectivity index (χ2n) is 6.93. The largest absolute Gasteiger partial charge is 0.444 e. The van der Waals surface area contributed by atoms with Crippen molar-refractivity contribution in [3.8, 4) is 0 Å². The van der Waals surface area contributed by atoms with E-state index in [4.69, 9.17) is 4.74 Å². The van der Waals surface area contributed by atoms with Crippen molar-refractivity contribution >= 4 is 6.09 Å². The van der Waals surface area contributed by atoms with E-state index in [-0.39, 0.29) is 12.1 Å². The van der Waals surface area contributed by atoms with E-state index in [1.165, 1.54) is 11.1 Å². The molecule has 1 amide bonds. The molecule has 1 unspecified atom stereocenters. The number of rotatable bonds is 6. The molecule has 0 aliphatic rings. The summed E-state index contributed by atoms with van der Waals surface area (Å²) >= 11 is 0. The van der Waals surface area contributed by atoms with Gasteiger partial charge in [-0.15, -0.1) is 0 Å². The van der Waals surface area contributed by atoms with Gasteiger partial charge in [0.05, 0.1) is 0 Å². The highest BCUT2D eigenvalue weighted by molar-refractivity contribution is 5.68. The summed E-state index contributed by atoms with van der Waals surface area (Å²) in [6.07, 6.45) is 3.29. The van der Waals surface area contributed by atoms with Gasteiger partial charge in [0.15, 0.2) is 0 Å². The number of ether oxygens (including phenoxy) is 1. The number of amides is 1. The van der Waals surface area contributed by atoms with E-state index >= 15 is 0 Å². The van der Waals surface area contributed by atoms with E-state index in [9.17, 15) is 4.79 Å². The SMILES string of the molecule is Cc1ccncc1CNCC(NC(=O)OC(C)(C)C)C(C)C. The molecule has 2 N–H and O–H groups in total. The van der Waals surface area contributed by atoms with Crippen LogP contribution in [0.15, 0.2) is 18.5 Å². The Kier molecular flexibility index (Phi) is 6.81. The van der Waals surface area contributed by atoms with Gasteiger partial charge in [-0.25, -0.2) is 4.79 Å². The fourth-order valence-corrected chi connectivity index (χ4v) is 1.96. The number of hydrogen-bond donors (Lipinski definition) is 2. The number of aromatic nitrogens is 1. The van der Waals surface area contributed by atoms with Crippen LogP contribution in [0.5, 0.6) is 0 Å². The normalized spacial score (nSPS) is 13.0. The molecule has 1 aromatic rings. The Balaban J connectivity index is 2.48. The third-order valence-electron chi connectivity index (χ3n) is 3.33. The minimum Gasteiger partial charge on any atom is -0.444 e. The molecule has 22 heavy (non-hydrogen) atoms. The molecule has 0 saturated heterocycles. The van der Waals surface area contributed by atoms with Crippen molar-refractivity contribution in [1.29, 1.82) is 0 Å². The smallest absolute Gasteiger partial charge is 0.407 e. The lowest BCUT2D eigenvalue weighted by atomic mass is 10.0. The molecule has 0 saturated carbocycles. The van der Waals surface area contributed by atoms with E-state index in [2.05, 4.69) is 36.4 Å². The van der Waals surface area contributed by atoms with Crippen molar-refractivity contribution in [2.75, 3.05) is 6.54 Å². The molecule has 0 spiro atoms. The van der Waals surface area contributed by atoms with Crippen molar-refractivity contribution in [1.82, 2.24) is 15.6 Å². The predicted molar refractivity (Wildman–Crippen MR) is 88.7 cm³/mol. The Hall–Kier alpha value is -1.62. The number of carbonyl (C=O) groups is 1. The Labute approximate surface area is 133 Å². The van der Waals surface area contributed by atoms with Gasteiger partial charge in [0.25, 0.3) is 0 Å². The lowest BCUT2D eigenvalue weighted by molar-refractivity contribution is 0.0490. The summed E-state index contributed by atoms with van der Waals surface area (Å²) in [6, 6.07) is 2.02. The van der Waals surface area contributed by atoms with Crippen LogP contribution in [0.2, 0.25) is 0 Å². The molecule has 5 heteroatoms. The zero-order chi connectivity index (χ0) is 16.8. The maximum atomic E-state index is 11.9. The van der Waals surface area contributed by atoms with Crippen LogP contribution in [0, 0.1) is 12.8 Å². The van der Waals surface area contributed by atoms with Crippen LogP contribution >= 0.6 is 0 Å². The molecule has 1 heterocycles. The number of aryl methyl sites for hydroxylation is 1. The second-order valence-corrected chi connectivity index (χ2v) is 6.93. The maximum Gasteiger partial charge on any atom is 0.407 e. The highest BCUT2D eigenvalue weighted by Crippen LogP contribution is 2.09. The van der Waals surface area contributed by atoms with Gasteiger partial charge in [0, 0.05) is 31.5 Å². The Morgan fingerprint density at radius 3 is 2.59 bits per heavy atom. The van der Waals surface area contributed by atoms with E-state index in [0.717, 1.165) is 6.54 Å². The summed E-state index contributed by atoms with van der Waals surface area (Å²) in [7, 11) is 0. The molecule has 0 aromatic carbocycles. The van der Waals surface area contributed by atoms with Crippen LogP contribution in [0.1, 0.15) is 45.7 Å². The summed E-state index contributed by atoms with van der Waals surface area (Å²) < 4.78 is 5.31. The fourth-order valence-electron chi connectivity index (χ4n) is 1.96. The van der Waals surface area contributed by atoms with Crippen LogP contribution in [-0.2, 0) is 11.3 Å². The highest BCUT2D eigenvalue weighted by Gasteiger charge is 2.21. The first-order valence-corrected chi connectivity index (χ1v) is 7.79. The van der Waals surface area contributed by atoms with Crippen molar-refractivity contribution in [3.63, 3.8) is 0 Å². The highest BCUT2D eigenvalue weighted by atomic mass is 16.6. The lowest BCUT2D eigenvalue weighted by Crippen LogP contribution is -2.47. The summed E-state index contributed by atoms with van der Waals surface area (Å²) in [5.74, 6) is 0.315. The molecule has 0 radical (unpaired) electrons. The molecule has 1 rings (SSSR count). The van der Waals surface area contributed by atoms with Gasteiger partial charge in [-0.2, -0.15) is 0 Å². The van der Waals surface area contributed by atoms with Crippen molar-refractivity contribution in [2.45, 2.75) is 59.7 Å². The Morgan fingerprint density at radius 2 is 2.05 bits per heavy atom. The van der Waals surface area contributed by atoms with E-state index in [1.54, 1.807) is 6.20 Å². The minimum atomic E-state index is -0.480. The topological polar surface area (TPSA) is 63.2 Å². The van der Waals surface area contributed by atoms with E-state index in [0.29, 0.717) is 12.5 Å². The molecule has 1 aromatic heterocycles. The van der Waals surface area contributed by atoms with Gasteiger partial charge in [0.2, 0.25) is 0 Å². The zero-order valence-corrected chi connectivity index (χ0v) is 14.6. The van der Waals surface area contributed by atoms with Gasteiger partial charge in [-0.1, -0.05) is 13.8 Å². The number of hydrogen-bond acceptors (Lipinski definition) is 4. The summed E-state index contributed by atoms with van der Waals surface area (Å²) in [5.41, 5.74) is 1.90. The standard InChI is InChI=1S/C17H29N3O2/c1-12(2)15(20-16(21)22-17(4,5)6)11-19-10-14-9-18-8-7-13(14)3/h7-9,12,15,19H,10-11H2,1-6H3,(H,20,21). The first-order valence-electron chi connectivity index (χ1n) is 7.79. The average Bonchev–Trinajstić information content (AvgIpc) is 2.37. The Morgan fingerprint density at radius 1 is 1.36 bits per heavy atom. The minimum absolute atomic E-state index is 0.0202. The van der Waals surface area contributed by atoms with Crippen LogP contribution in [0.4, 0.5) is 4.79 Å². The first kappa shape index (κ1) is 18.4. The summed E-state index contributed by atoms with van der Waals surface area (Å²) in [5, 5.41) is 6.32. The molecule has 0 aliphatic heterocycles. The molecule has 0 fully saturated rings. The number of nitrogens with zero attached hydrogens (tertiary/aromatic N) is 1. The first-order chi connectivity index (χ1) is 10.2. The number of carbonyl (C=O) groups excluding carboxylic acids is 1. The van der Waals surface area contributed by atoms with Crippen LogP contribution in [-0.4, -0.2) is 29.3 Å². The second kappa shape index (κ2) is 8.13. The molecule has 1 atom stereocenters.